The molecule has 3 aliphatic rings. The number of anilines is 2. The third-order valence-electron chi connectivity index (χ3n) is 6.13. The Morgan fingerprint density at radius 1 is 0.935 bits per heavy atom. The van der Waals surface area contributed by atoms with E-state index >= 15 is 0 Å². The third-order valence-corrected chi connectivity index (χ3v) is 6.13. The maximum absolute atomic E-state index is 12.7. The van der Waals surface area contributed by atoms with Crippen LogP contribution in [0, 0.1) is 0 Å². The normalized spacial score (nSPS) is 19.5. The van der Waals surface area contributed by atoms with Gasteiger partial charge in [-0.05, 0) is 12.8 Å². The van der Waals surface area contributed by atoms with Crippen molar-refractivity contribution in [3.63, 3.8) is 0 Å². The molecule has 0 unspecified atom stereocenters. The Bertz CT molecular complexity index is 992. The lowest BCUT2D eigenvalue weighted by Gasteiger charge is -2.36. The summed E-state index contributed by atoms with van der Waals surface area (Å²) in [6, 6.07) is 3.58. The van der Waals surface area contributed by atoms with Gasteiger partial charge in [-0.1, -0.05) is 0 Å². The number of hydrogen-bond acceptors (Lipinski definition) is 8. The van der Waals surface area contributed by atoms with E-state index < -0.39 is 0 Å². The second kappa shape index (κ2) is 8.62. The quantitative estimate of drug-likeness (QED) is 0.665. The van der Waals surface area contributed by atoms with Gasteiger partial charge in [-0.15, -0.1) is 0 Å². The van der Waals surface area contributed by atoms with Crippen molar-refractivity contribution in [1.29, 1.82) is 0 Å². The van der Waals surface area contributed by atoms with Gasteiger partial charge in [-0.3, -0.25) is 14.2 Å². The van der Waals surface area contributed by atoms with Crippen molar-refractivity contribution in [1.82, 2.24) is 24.4 Å². The fourth-order valence-electron chi connectivity index (χ4n) is 4.07. The average molecular weight is 425 g/mol. The second-order valence-electron chi connectivity index (χ2n) is 8.26. The van der Waals surface area contributed by atoms with Crippen LogP contribution in [-0.2, 0) is 16.1 Å². The van der Waals surface area contributed by atoms with Gasteiger partial charge in [0.2, 0.25) is 5.91 Å². The highest BCUT2D eigenvalue weighted by atomic mass is 16.5. The largest absolute Gasteiger partial charge is 0.378 e. The maximum Gasteiger partial charge on any atom is 0.254 e. The summed E-state index contributed by atoms with van der Waals surface area (Å²) < 4.78 is 6.82. The molecule has 5 rings (SSSR count). The van der Waals surface area contributed by atoms with Crippen molar-refractivity contribution in [2.75, 3.05) is 62.3 Å². The lowest BCUT2D eigenvalue weighted by Crippen LogP contribution is -2.50. The molecule has 0 atom stereocenters. The average Bonchev–Trinajstić information content (AvgIpc) is 3.67. The van der Waals surface area contributed by atoms with E-state index in [2.05, 4.69) is 24.8 Å². The van der Waals surface area contributed by atoms with Crippen molar-refractivity contribution >= 4 is 17.5 Å². The SMILES string of the molecule is O=C(Cn1cnc(C2CC2)cc1=O)N1CCN(c2cc(N3CCOCC3)ncn2)CC1. The first-order valence-corrected chi connectivity index (χ1v) is 10.9. The smallest absolute Gasteiger partial charge is 0.254 e. The molecule has 0 bridgehead atoms. The number of morpholine rings is 1. The molecule has 1 amide bonds. The Hall–Kier alpha value is -3.01. The lowest BCUT2D eigenvalue weighted by atomic mass is 10.3. The summed E-state index contributed by atoms with van der Waals surface area (Å²) in [5.41, 5.74) is 0.698. The van der Waals surface area contributed by atoms with Crippen molar-refractivity contribution in [2.45, 2.75) is 25.3 Å². The molecule has 0 aromatic carbocycles. The van der Waals surface area contributed by atoms with E-state index in [0.717, 1.165) is 43.3 Å². The summed E-state index contributed by atoms with van der Waals surface area (Å²) in [5, 5.41) is 0. The van der Waals surface area contributed by atoms with E-state index in [0.29, 0.717) is 45.3 Å². The summed E-state index contributed by atoms with van der Waals surface area (Å²) >= 11 is 0. The van der Waals surface area contributed by atoms with Crippen LogP contribution in [0.4, 0.5) is 11.6 Å². The predicted octanol–water partition coefficient (Wildman–Crippen LogP) is 0.0961. The molecule has 31 heavy (non-hydrogen) atoms. The monoisotopic (exact) mass is 425 g/mol. The molecular formula is C21H27N7O3. The zero-order valence-corrected chi connectivity index (χ0v) is 17.5. The van der Waals surface area contributed by atoms with E-state index in [-0.39, 0.29) is 18.0 Å². The molecule has 2 aromatic heterocycles. The van der Waals surface area contributed by atoms with Crippen LogP contribution in [0.3, 0.4) is 0 Å². The van der Waals surface area contributed by atoms with Gasteiger partial charge in [0.25, 0.3) is 5.56 Å². The molecule has 2 saturated heterocycles. The molecule has 3 fully saturated rings. The first-order valence-electron chi connectivity index (χ1n) is 10.9. The summed E-state index contributed by atoms with van der Waals surface area (Å²) in [7, 11) is 0. The number of rotatable bonds is 5. The van der Waals surface area contributed by atoms with Crippen LogP contribution in [0.2, 0.25) is 0 Å². The van der Waals surface area contributed by atoms with E-state index in [1.807, 2.05) is 11.0 Å². The summed E-state index contributed by atoms with van der Waals surface area (Å²) in [5.74, 6) is 2.16. The number of hydrogen-bond donors (Lipinski definition) is 0. The van der Waals surface area contributed by atoms with Gasteiger partial charge in [0.05, 0.1) is 25.2 Å². The Morgan fingerprint density at radius 3 is 2.26 bits per heavy atom. The highest BCUT2D eigenvalue weighted by molar-refractivity contribution is 5.76. The molecule has 10 heteroatoms. The molecule has 2 aliphatic heterocycles. The van der Waals surface area contributed by atoms with E-state index in [1.165, 1.54) is 10.9 Å². The maximum atomic E-state index is 12.7. The van der Waals surface area contributed by atoms with Gasteiger partial charge in [-0.2, -0.15) is 0 Å². The van der Waals surface area contributed by atoms with Crippen LogP contribution in [-0.4, -0.2) is 82.8 Å². The number of piperazine rings is 1. The van der Waals surface area contributed by atoms with Crippen LogP contribution in [0.1, 0.15) is 24.5 Å². The minimum atomic E-state index is -0.152. The molecular weight excluding hydrogens is 398 g/mol. The second-order valence-corrected chi connectivity index (χ2v) is 8.26. The van der Waals surface area contributed by atoms with Gasteiger partial charge < -0.3 is 19.4 Å². The van der Waals surface area contributed by atoms with Crippen molar-refractivity contribution < 1.29 is 9.53 Å². The van der Waals surface area contributed by atoms with E-state index in [1.54, 1.807) is 12.4 Å². The molecule has 1 aliphatic carbocycles. The molecule has 164 valence electrons. The van der Waals surface area contributed by atoms with Crippen molar-refractivity contribution in [3.05, 3.63) is 40.8 Å². The van der Waals surface area contributed by atoms with Gasteiger partial charge in [0, 0.05) is 57.3 Å². The summed E-state index contributed by atoms with van der Waals surface area (Å²) in [6.45, 7) is 5.69. The lowest BCUT2D eigenvalue weighted by molar-refractivity contribution is -0.132. The first-order chi connectivity index (χ1) is 15.2. The minimum absolute atomic E-state index is 0.0332. The number of carbonyl (C=O) groups excluding carboxylic acids is 1. The number of nitrogens with zero attached hydrogens (tertiary/aromatic N) is 7. The number of carbonyl (C=O) groups is 1. The molecule has 0 radical (unpaired) electrons. The Balaban J connectivity index is 1.17. The molecule has 1 saturated carbocycles. The zero-order chi connectivity index (χ0) is 21.2. The van der Waals surface area contributed by atoms with Gasteiger partial charge >= 0.3 is 0 Å². The Morgan fingerprint density at radius 2 is 1.61 bits per heavy atom. The Labute approximate surface area is 180 Å². The number of amides is 1. The Kier molecular flexibility index (Phi) is 5.54. The van der Waals surface area contributed by atoms with Crippen LogP contribution in [0.25, 0.3) is 0 Å². The number of aromatic nitrogens is 4. The van der Waals surface area contributed by atoms with Crippen LogP contribution in [0.15, 0.2) is 29.6 Å². The van der Waals surface area contributed by atoms with Crippen LogP contribution in [0.5, 0.6) is 0 Å². The minimum Gasteiger partial charge on any atom is -0.378 e. The van der Waals surface area contributed by atoms with Gasteiger partial charge in [0.15, 0.2) is 0 Å². The fourth-order valence-corrected chi connectivity index (χ4v) is 4.07. The van der Waals surface area contributed by atoms with E-state index in [4.69, 9.17) is 4.74 Å². The zero-order valence-electron chi connectivity index (χ0n) is 17.5. The summed E-state index contributed by atoms with van der Waals surface area (Å²) in [4.78, 5) is 44.4. The van der Waals surface area contributed by atoms with Gasteiger partial charge in [-0.25, -0.2) is 15.0 Å². The topological polar surface area (TPSA) is 96.7 Å². The molecule has 10 nitrogen and oxygen atoms in total. The van der Waals surface area contributed by atoms with E-state index in [9.17, 15) is 9.59 Å². The first kappa shape index (κ1) is 19.9. The molecule has 0 N–H and O–H groups in total. The standard InChI is InChI=1S/C21H27N7O3/c29-20-11-17(16-1-2-16)24-15-28(20)13-21(30)27-5-3-25(4-6-27)18-12-19(23-14-22-18)26-7-9-31-10-8-26/h11-12,14-16H,1-10,13H2. The third kappa shape index (κ3) is 4.53. The van der Waals surface area contributed by atoms with Crippen molar-refractivity contribution in [3.8, 4) is 0 Å². The highest BCUT2D eigenvalue weighted by Crippen LogP contribution is 2.38. The van der Waals surface area contributed by atoms with Crippen LogP contribution < -0.4 is 15.4 Å². The van der Waals surface area contributed by atoms with Crippen LogP contribution >= 0.6 is 0 Å². The molecule has 2 aromatic rings. The van der Waals surface area contributed by atoms with Gasteiger partial charge in [0.1, 0.15) is 24.5 Å². The number of ether oxygens (including phenoxy) is 1. The predicted molar refractivity (Wildman–Crippen MR) is 114 cm³/mol. The fraction of sp³-hybridized carbons (Fsp3) is 0.571. The molecule has 4 heterocycles. The van der Waals surface area contributed by atoms with Crippen molar-refractivity contribution in [2.24, 2.45) is 0 Å². The summed E-state index contributed by atoms with van der Waals surface area (Å²) in [6.07, 6.45) is 5.31. The molecule has 0 spiro atoms. The highest BCUT2D eigenvalue weighted by Gasteiger charge is 2.26.